The Hall–Kier alpha value is -2.79. The summed E-state index contributed by atoms with van der Waals surface area (Å²) in [5.74, 6) is -1.54. The molecule has 11 heteroatoms. The second kappa shape index (κ2) is 8.52. The van der Waals surface area contributed by atoms with Crippen LogP contribution in [0, 0.1) is 5.82 Å². The van der Waals surface area contributed by atoms with Gasteiger partial charge in [-0.2, -0.15) is 0 Å². The van der Waals surface area contributed by atoms with Crippen molar-refractivity contribution >= 4 is 15.7 Å². The van der Waals surface area contributed by atoms with E-state index in [0.29, 0.717) is 12.1 Å². The van der Waals surface area contributed by atoms with Crippen molar-refractivity contribution in [2.45, 2.75) is 25.6 Å². The van der Waals surface area contributed by atoms with Gasteiger partial charge in [-0.3, -0.25) is 19.1 Å². The van der Waals surface area contributed by atoms with E-state index < -0.39 is 33.1 Å². The van der Waals surface area contributed by atoms with E-state index in [1.807, 2.05) is 0 Å². The monoisotopic (exact) mass is 438 g/mol. The Morgan fingerprint density at radius 3 is 2.60 bits per heavy atom. The lowest BCUT2D eigenvalue weighted by molar-refractivity contribution is -0.120. The van der Waals surface area contributed by atoms with Crippen LogP contribution < -0.4 is 10.9 Å². The van der Waals surface area contributed by atoms with E-state index in [2.05, 4.69) is 10.3 Å². The number of nitrogens with zero attached hydrogens (tertiary/aromatic N) is 3. The number of likely N-dealkylation sites (N-methyl/N-ethyl adjacent to an activating group) is 1. The molecule has 1 unspecified atom stereocenters. The zero-order valence-corrected chi connectivity index (χ0v) is 17.4. The van der Waals surface area contributed by atoms with Crippen LogP contribution in [0.25, 0.3) is 0 Å². The molecule has 1 aromatic heterocycles. The number of hydrogen-bond donors (Lipinski definition) is 2. The molecule has 162 valence electrons. The molecule has 1 aliphatic heterocycles. The third kappa shape index (κ3) is 5.03. The molecule has 1 aliphatic rings. The number of amides is 1. The molecule has 0 bridgehead atoms. The quantitative estimate of drug-likeness (QED) is 0.650. The molecule has 2 N–H and O–H groups in total. The minimum atomic E-state index is -3.37. The average molecular weight is 438 g/mol. The van der Waals surface area contributed by atoms with Gasteiger partial charge in [0.25, 0.3) is 5.56 Å². The Bertz CT molecular complexity index is 1110. The summed E-state index contributed by atoms with van der Waals surface area (Å²) in [6, 6.07) is 4.95. The highest BCUT2D eigenvalue weighted by atomic mass is 32.2. The fourth-order valence-electron chi connectivity index (χ4n) is 3.32. The molecule has 2 heterocycles. The molecule has 30 heavy (non-hydrogen) atoms. The lowest BCUT2D eigenvalue weighted by Gasteiger charge is -2.34. The summed E-state index contributed by atoms with van der Waals surface area (Å²) in [5, 5.41) is 12.9. The van der Waals surface area contributed by atoms with Crippen LogP contribution in [0.4, 0.5) is 4.39 Å². The van der Waals surface area contributed by atoms with Crippen molar-refractivity contribution in [1.29, 1.82) is 0 Å². The van der Waals surface area contributed by atoms with Gasteiger partial charge in [0.05, 0.1) is 23.9 Å². The van der Waals surface area contributed by atoms with E-state index in [0.717, 1.165) is 6.26 Å². The standard InChI is InChI=1S/C19H23FN4O5S/c1-23-7-8-24-18(15(23)11-30(2,28)29)22-14(17(26)19(24)27)9-16(25)21-10-12-3-5-13(20)6-4-12/h3-6,15,26H,7-11H2,1-2H3,(H,21,25). The third-order valence-corrected chi connectivity index (χ3v) is 5.87. The molecule has 0 fully saturated rings. The molecule has 0 spiro atoms. The molecule has 9 nitrogen and oxygen atoms in total. The summed E-state index contributed by atoms with van der Waals surface area (Å²) in [5.41, 5.74) is -0.133. The van der Waals surface area contributed by atoms with Gasteiger partial charge < -0.3 is 10.4 Å². The summed E-state index contributed by atoms with van der Waals surface area (Å²) >= 11 is 0. The Labute approximate surface area is 173 Å². The number of nitrogens with one attached hydrogen (secondary N) is 1. The average Bonchev–Trinajstić information content (AvgIpc) is 2.67. The molecular formula is C19H23FN4O5S. The zero-order chi connectivity index (χ0) is 22.1. The maximum atomic E-state index is 13.0. The Balaban J connectivity index is 1.83. The van der Waals surface area contributed by atoms with Gasteiger partial charge in [0.15, 0.2) is 0 Å². The van der Waals surface area contributed by atoms with Gasteiger partial charge in [0.1, 0.15) is 21.5 Å². The number of sulfone groups is 1. The largest absolute Gasteiger partial charge is 0.502 e. The van der Waals surface area contributed by atoms with Gasteiger partial charge >= 0.3 is 0 Å². The number of fused-ring (bicyclic) bond motifs is 1. The van der Waals surface area contributed by atoms with Crippen LogP contribution in [0.3, 0.4) is 0 Å². The first kappa shape index (κ1) is 21.9. The van der Waals surface area contributed by atoms with Crippen LogP contribution in [0.1, 0.15) is 23.1 Å². The van der Waals surface area contributed by atoms with Crippen molar-refractivity contribution in [3.05, 3.63) is 57.5 Å². The molecule has 0 radical (unpaired) electrons. The Morgan fingerprint density at radius 2 is 1.97 bits per heavy atom. The first-order valence-electron chi connectivity index (χ1n) is 9.27. The van der Waals surface area contributed by atoms with Crippen LogP contribution in [0.15, 0.2) is 29.1 Å². The number of carbonyl (C=O) groups is 1. The molecule has 0 aliphatic carbocycles. The Kier molecular flexibility index (Phi) is 6.22. The lowest BCUT2D eigenvalue weighted by Crippen LogP contribution is -2.44. The van der Waals surface area contributed by atoms with Crippen LogP contribution in [-0.4, -0.2) is 59.5 Å². The van der Waals surface area contributed by atoms with Crippen LogP contribution in [0.5, 0.6) is 5.75 Å². The minimum absolute atomic E-state index is 0.114. The van der Waals surface area contributed by atoms with E-state index in [1.165, 1.54) is 28.8 Å². The highest BCUT2D eigenvalue weighted by molar-refractivity contribution is 7.90. The fourth-order valence-corrected chi connectivity index (χ4v) is 4.29. The molecule has 3 rings (SSSR count). The maximum Gasteiger partial charge on any atom is 0.296 e. The van der Waals surface area contributed by atoms with Crippen molar-refractivity contribution in [1.82, 2.24) is 19.8 Å². The molecule has 2 aromatic rings. The van der Waals surface area contributed by atoms with E-state index >= 15 is 0 Å². The predicted molar refractivity (Wildman–Crippen MR) is 107 cm³/mol. The highest BCUT2D eigenvalue weighted by Gasteiger charge is 2.32. The molecule has 0 saturated heterocycles. The first-order chi connectivity index (χ1) is 14.0. The van der Waals surface area contributed by atoms with E-state index in [4.69, 9.17) is 0 Å². The van der Waals surface area contributed by atoms with Crippen molar-refractivity contribution in [2.75, 3.05) is 25.6 Å². The minimum Gasteiger partial charge on any atom is -0.502 e. The van der Waals surface area contributed by atoms with Crippen LogP contribution in [-0.2, 0) is 34.1 Å². The molecular weight excluding hydrogens is 415 g/mol. The molecule has 0 saturated carbocycles. The predicted octanol–water partition coefficient (Wildman–Crippen LogP) is -0.0220. The van der Waals surface area contributed by atoms with Gasteiger partial charge in [-0.05, 0) is 24.7 Å². The van der Waals surface area contributed by atoms with E-state index in [-0.39, 0.29) is 42.6 Å². The number of aromatic hydroxyl groups is 1. The normalized spacial score (nSPS) is 16.8. The SMILES string of the molecule is CN1CCn2c(nc(CC(=O)NCc3ccc(F)cc3)c(O)c2=O)C1CS(C)(=O)=O. The summed E-state index contributed by atoms with van der Waals surface area (Å²) < 4.78 is 37.9. The first-order valence-corrected chi connectivity index (χ1v) is 11.3. The van der Waals surface area contributed by atoms with Crippen molar-refractivity contribution in [2.24, 2.45) is 0 Å². The summed E-state index contributed by atoms with van der Waals surface area (Å²) in [7, 11) is -1.64. The number of aromatic nitrogens is 2. The second-order valence-electron chi connectivity index (χ2n) is 7.39. The fraction of sp³-hybridized carbons (Fsp3) is 0.421. The molecule has 1 amide bonds. The van der Waals surface area contributed by atoms with Gasteiger partial charge in [0.2, 0.25) is 11.7 Å². The smallest absolute Gasteiger partial charge is 0.296 e. The van der Waals surface area contributed by atoms with Crippen LogP contribution in [0.2, 0.25) is 0 Å². The van der Waals surface area contributed by atoms with E-state index in [9.17, 15) is 27.5 Å². The van der Waals surface area contributed by atoms with E-state index in [1.54, 1.807) is 11.9 Å². The number of benzene rings is 1. The van der Waals surface area contributed by atoms with Gasteiger partial charge in [0, 0.05) is 25.9 Å². The summed E-state index contributed by atoms with van der Waals surface area (Å²) in [6.45, 7) is 0.817. The summed E-state index contributed by atoms with van der Waals surface area (Å²) in [4.78, 5) is 31.0. The number of rotatable bonds is 6. The summed E-state index contributed by atoms with van der Waals surface area (Å²) in [6.07, 6.45) is 0.744. The number of halogens is 1. The van der Waals surface area contributed by atoms with Gasteiger partial charge in [-0.25, -0.2) is 17.8 Å². The zero-order valence-electron chi connectivity index (χ0n) is 16.6. The Morgan fingerprint density at radius 1 is 1.30 bits per heavy atom. The molecule has 1 aromatic carbocycles. The topological polar surface area (TPSA) is 122 Å². The number of carbonyl (C=O) groups excluding carboxylic acids is 1. The van der Waals surface area contributed by atoms with Gasteiger partial charge in [-0.15, -0.1) is 0 Å². The van der Waals surface area contributed by atoms with Crippen molar-refractivity contribution in [3.8, 4) is 5.75 Å². The molecule has 1 atom stereocenters. The van der Waals surface area contributed by atoms with Crippen molar-refractivity contribution < 1.29 is 22.7 Å². The maximum absolute atomic E-state index is 13.0. The second-order valence-corrected chi connectivity index (χ2v) is 9.58. The number of hydrogen-bond acceptors (Lipinski definition) is 7. The van der Waals surface area contributed by atoms with Crippen molar-refractivity contribution in [3.63, 3.8) is 0 Å². The highest BCUT2D eigenvalue weighted by Crippen LogP contribution is 2.25. The lowest BCUT2D eigenvalue weighted by atomic mass is 10.1. The third-order valence-electron chi connectivity index (χ3n) is 4.95. The van der Waals surface area contributed by atoms with Gasteiger partial charge in [-0.1, -0.05) is 12.1 Å². The van der Waals surface area contributed by atoms with Crippen LogP contribution >= 0.6 is 0 Å².